The summed E-state index contributed by atoms with van der Waals surface area (Å²) in [6.07, 6.45) is 7.93. The number of amides is 1. The Morgan fingerprint density at radius 2 is 2.23 bits per heavy atom. The van der Waals surface area contributed by atoms with E-state index in [1.54, 1.807) is 30.7 Å². The van der Waals surface area contributed by atoms with Crippen molar-refractivity contribution in [1.82, 2.24) is 35.1 Å². The number of carbonyl (C=O) groups is 1. The number of carbonyl (C=O) groups excluding carboxylic acids is 1. The summed E-state index contributed by atoms with van der Waals surface area (Å²) in [6, 6.07) is 7.25. The van der Waals surface area contributed by atoms with E-state index < -0.39 is 0 Å². The highest BCUT2D eigenvalue weighted by Gasteiger charge is 2.26. The molecule has 2 aromatic heterocycles. The minimum Gasteiger partial charge on any atom is -0.471 e. The first-order valence-electron chi connectivity index (χ1n) is 8.35. The van der Waals surface area contributed by atoms with Crippen LogP contribution in [0.15, 0.2) is 49.2 Å². The average Bonchev–Trinajstić information content (AvgIpc) is 3.23. The molecule has 1 unspecified atom stereocenters. The number of rotatable bonds is 4. The summed E-state index contributed by atoms with van der Waals surface area (Å²) >= 11 is 0. The van der Waals surface area contributed by atoms with Gasteiger partial charge in [0.05, 0.1) is 18.4 Å². The van der Waals surface area contributed by atoms with Crippen LogP contribution in [-0.2, 0) is 0 Å². The fourth-order valence-electron chi connectivity index (χ4n) is 2.98. The number of ether oxygens (including phenoxy) is 1. The van der Waals surface area contributed by atoms with Gasteiger partial charge in [-0.25, -0.2) is 9.67 Å². The number of benzene rings is 1. The molecule has 0 bridgehead atoms. The highest BCUT2D eigenvalue weighted by molar-refractivity contribution is 5.94. The summed E-state index contributed by atoms with van der Waals surface area (Å²) < 4.78 is 7.38. The zero-order chi connectivity index (χ0) is 17.8. The Morgan fingerprint density at radius 3 is 3.04 bits per heavy atom. The molecule has 26 heavy (non-hydrogen) atoms. The zero-order valence-corrected chi connectivity index (χ0v) is 14.0. The van der Waals surface area contributed by atoms with Gasteiger partial charge in [-0.05, 0) is 41.5 Å². The van der Waals surface area contributed by atoms with Crippen LogP contribution in [0.3, 0.4) is 0 Å². The summed E-state index contributed by atoms with van der Waals surface area (Å²) in [4.78, 5) is 22.8. The minimum absolute atomic E-state index is 0.0348. The molecule has 1 aliphatic rings. The summed E-state index contributed by atoms with van der Waals surface area (Å²) in [5.74, 6) is 0.444. The Kier molecular flexibility index (Phi) is 4.50. The summed E-state index contributed by atoms with van der Waals surface area (Å²) in [5, 5.41) is 11.1. The number of hydrogen-bond acceptors (Lipinski definition) is 7. The van der Waals surface area contributed by atoms with Gasteiger partial charge in [-0.2, -0.15) is 0 Å². The largest absolute Gasteiger partial charge is 0.471 e. The molecule has 0 saturated carbocycles. The number of nitrogens with zero attached hydrogens (tertiary/aromatic N) is 7. The second kappa shape index (κ2) is 7.26. The Bertz CT molecular complexity index is 870. The van der Waals surface area contributed by atoms with E-state index in [2.05, 4.69) is 25.5 Å². The lowest BCUT2D eigenvalue weighted by Gasteiger charge is -2.32. The van der Waals surface area contributed by atoms with Gasteiger partial charge in [0.15, 0.2) is 0 Å². The number of likely N-dealkylation sites (tertiary alicyclic amines) is 1. The van der Waals surface area contributed by atoms with E-state index in [1.165, 1.54) is 11.0 Å². The second-order valence-corrected chi connectivity index (χ2v) is 5.98. The first kappa shape index (κ1) is 16.1. The summed E-state index contributed by atoms with van der Waals surface area (Å²) in [7, 11) is 0. The Morgan fingerprint density at radius 1 is 1.27 bits per heavy atom. The molecule has 9 nitrogen and oxygen atoms in total. The summed E-state index contributed by atoms with van der Waals surface area (Å²) in [6.45, 7) is 1.22. The monoisotopic (exact) mass is 351 g/mol. The third kappa shape index (κ3) is 3.51. The first-order valence-corrected chi connectivity index (χ1v) is 8.35. The quantitative estimate of drug-likeness (QED) is 0.695. The van der Waals surface area contributed by atoms with E-state index in [-0.39, 0.29) is 12.0 Å². The molecule has 3 aromatic rings. The van der Waals surface area contributed by atoms with Gasteiger partial charge in [-0.3, -0.25) is 9.78 Å². The molecule has 1 aromatic carbocycles. The van der Waals surface area contributed by atoms with Crippen LogP contribution in [0.1, 0.15) is 23.2 Å². The second-order valence-electron chi connectivity index (χ2n) is 5.98. The molecule has 3 heterocycles. The highest BCUT2D eigenvalue weighted by atomic mass is 16.5. The fraction of sp³-hybridized carbons (Fsp3) is 0.294. The average molecular weight is 351 g/mol. The van der Waals surface area contributed by atoms with E-state index in [4.69, 9.17) is 4.74 Å². The van der Waals surface area contributed by atoms with Crippen LogP contribution in [0.25, 0.3) is 5.69 Å². The van der Waals surface area contributed by atoms with Crippen LogP contribution in [0.4, 0.5) is 0 Å². The fourth-order valence-corrected chi connectivity index (χ4v) is 2.98. The molecule has 0 radical (unpaired) electrons. The Labute approximate surface area is 149 Å². The standard InChI is InChI=1S/C17H17N7O2/c25-17(13-3-1-4-14(9-13)24-12-20-21-22-24)23-8-2-5-15(11-23)26-16-10-18-6-7-19-16/h1,3-4,6-7,9-10,12,15H,2,5,8,11H2. The Balaban J connectivity index is 1.47. The molecule has 4 rings (SSSR count). The van der Waals surface area contributed by atoms with E-state index >= 15 is 0 Å². The predicted molar refractivity (Wildman–Crippen MR) is 90.7 cm³/mol. The van der Waals surface area contributed by atoms with Crippen LogP contribution in [0.5, 0.6) is 5.88 Å². The van der Waals surface area contributed by atoms with Crippen molar-refractivity contribution in [1.29, 1.82) is 0 Å². The molecule has 1 fully saturated rings. The molecule has 1 amide bonds. The molecule has 0 spiro atoms. The van der Waals surface area contributed by atoms with Gasteiger partial charge in [0.2, 0.25) is 5.88 Å². The third-order valence-electron chi connectivity index (χ3n) is 4.20. The van der Waals surface area contributed by atoms with Crippen LogP contribution in [0.2, 0.25) is 0 Å². The molecule has 1 aliphatic heterocycles. The minimum atomic E-state index is -0.0906. The van der Waals surface area contributed by atoms with Gasteiger partial charge in [-0.1, -0.05) is 6.07 Å². The van der Waals surface area contributed by atoms with Crippen LogP contribution in [0, 0.1) is 0 Å². The zero-order valence-electron chi connectivity index (χ0n) is 14.0. The smallest absolute Gasteiger partial charge is 0.254 e. The summed E-state index contributed by atoms with van der Waals surface area (Å²) in [5.41, 5.74) is 1.34. The van der Waals surface area contributed by atoms with E-state index in [0.29, 0.717) is 24.5 Å². The SMILES string of the molecule is O=C(c1cccc(-n2cnnn2)c1)N1CCCC(Oc2cnccn2)C1. The number of tetrazole rings is 1. The molecule has 9 heteroatoms. The van der Waals surface area contributed by atoms with Crippen molar-refractivity contribution >= 4 is 5.91 Å². The topological polar surface area (TPSA) is 98.9 Å². The van der Waals surface area contributed by atoms with Crippen LogP contribution in [-0.4, -0.2) is 60.2 Å². The highest BCUT2D eigenvalue weighted by Crippen LogP contribution is 2.19. The molecule has 1 atom stereocenters. The van der Waals surface area contributed by atoms with E-state index in [0.717, 1.165) is 18.5 Å². The van der Waals surface area contributed by atoms with Crippen molar-refractivity contribution in [3.63, 3.8) is 0 Å². The van der Waals surface area contributed by atoms with Gasteiger partial charge in [0.1, 0.15) is 12.4 Å². The van der Waals surface area contributed by atoms with Crippen molar-refractivity contribution in [2.75, 3.05) is 13.1 Å². The number of hydrogen-bond donors (Lipinski definition) is 0. The van der Waals surface area contributed by atoms with Crippen molar-refractivity contribution in [3.05, 3.63) is 54.7 Å². The first-order chi connectivity index (χ1) is 12.8. The molecule has 132 valence electrons. The molecule has 0 aliphatic carbocycles. The lowest BCUT2D eigenvalue weighted by atomic mass is 10.1. The maximum Gasteiger partial charge on any atom is 0.254 e. The van der Waals surface area contributed by atoms with Gasteiger partial charge >= 0.3 is 0 Å². The Hall–Kier alpha value is -3.36. The third-order valence-corrected chi connectivity index (χ3v) is 4.20. The van der Waals surface area contributed by atoms with Crippen molar-refractivity contribution < 1.29 is 9.53 Å². The van der Waals surface area contributed by atoms with E-state index in [1.807, 2.05) is 17.0 Å². The van der Waals surface area contributed by atoms with Crippen LogP contribution >= 0.6 is 0 Å². The van der Waals surface area contributed by atoms with Gasteiger partial charge < -0.3 is 9.64 Å². The lowest BCUT2D eigenvalue weighted by Crippen LogP contribution is -2.44. The van der Waals surface area contributed by atoms with Gasteiger partial charge in [-0.15, -0.1) is 5.10 Å². The van der Waals surface area contributed by atoms with Crippen molar-refractivity contribution in [2.45, 2.75) is 18.9 Å². The lowest BCUT2D eigenvalue weighted by molar-refractivity contribution is 0.0527. The van der Waals surface area contributed by atoms with E-state index in [9.17, 15) is 4.79 Å². The maximum atomic E-state index is 12.9. The van der Waals surface area contributed by atoms with Gasteiger partial charge in [0, 0.05) is 24.5 Å². The van der Waals surface area contributed by atoms with Crippen molar-refractivity contribution in [3.8, 4) is 11.6 Å². The molecule has 0 N–H and O–H groups in total. The van der Waals surface area contributed by atoms with Crippen LogP contribution < -0.4 is 4.74 Å². The van der Waals surface area contributed by atoms with Gasteiger partial charge in [0.25, 0.3) is 5.91 Å². The molecule has 1 saturated heterocycles. The molecular weight excluding hydrogens is 334 g/mol. The number of aromatic nitrogens is 6. The predicted octanol–water partition coefficient (Wildman–Crippen LogP) is 1.14. The maximum absolute atomic E-state index is 12.9. The number of piperidine rings is 1. The normalized spacial score (nSPS) is 17.1. The van der Waals surface area contributed by atoms with Crippen molar-refractivity contribution in [2.24, 2.45) is 0 Å². The molecular formula is C17H17N7O2.